The fraction of sp³-hybridized carbons (Fsp3) is 0.923. The summed E-state index contributed by atoms with van der Waals surface area (Å²) in [6, 6.07) is 0.439. The van der Waals surface area contributed by atoms with E-state index in [2.05, 4.69) is 24.5 Å². The molecule has 2 atom stereocenters. The molecular formula is C13H24N2O. The maximum absolute atomic E-state index is 11.8. The normalized spacial score (nSPS) is 31.2. The minimum Gasteiger partial charge on any atom is -0.353 e. The number of carbonyl (C=O) groups excluding carboxylic acids is 1. The minimum absolute atomic E-state index is 0.236. The third kappa shape index (κ3) is 2.76. The molecular weight excluding hydrogens is 200 g/mol. The van der Waals surface area contributed by atoms with Crippen LogP contribution in [0.1, 0.15) is 39.5 Å². The Hall–Kier alpha value is -0.570. The number of hydrogen-bond acceptors (Lipinski definition) is 2. The van der Waals surface area contributed by atoms with Crippen LogP contribution in [0.5, 0.6) is 0 Å². The van der Waals surface area contributed by atoms with Gasteiger partial charge in [-0.2, -0.15) is 0 Å². The summed E-state index contributed by atoms with van der Waals surface area (Å²) in [6.45, 7) is 6.33. The molecule has 1 amide bonds. The van der Waals surface area contributed by atoms with E-state index >= 15 is 0 Å². The maximum Gasteiger partial charge on any atom is 0.225 e. The quantitative estimate of drug-likeness (QED) is 0.763. The standard InChI is InChI=1S/C13H24N2O/c1-9(2)10-4-3-5-12(6-10)15-13(16)11-7-14-8-11/h9-12,14H,3-8H2,1-2H3,(H,15,16). The van der Waals surface area contributed by atoms with Gasteiger partial charge in [0, 0.05) is 19.1 Å². The van der Waals surface area contributed by atoms with Gasteiger partial charge < -0.3 is 10.6 Å². The molecule has 1 aliphatic carbocycles. The zero-order valence-electron chi connectivity index (χ0n) is 10.5. The van der Waals surface area contributed by atoms with Crippen molar-refractivity contribution >= 4 is 5.91 Å². The minimum atomic E-state index is 0.236. The van der Waals surface area contributed by atoms with E-state index in [0.717, 1.165) is 24.9 Å². The molecule has 2 unspecified atom stereocenters. The molecule has 2 N–H and O–H groups in total. The topological polar surface area (TPSA) is 41.1 Å². The third-order valence-electron chi connectivity index (χ3n) is 4.16. The van der Waals surface area contributed by atoms with Crippen molar-refractivity contribution in [3.63, 3.8) is 0 Å². The summed E-state index contributed by atoms with van der Waals surface area (Å²) in [5.41, 5.74) is 0. The van der Waals surface area contributed by atoms with Crippen LogP contribution < -0.4 is 10.6 Å². The van der Waals surface area contributed by atoms with Gasteiger partial charge >= 0.3 is 0 Å². The molecule has 0 aromatic rings. The van der Waals surface area contributed by atoms with Gasteiger partial charge in [-0.3, -0.25) is 4.79 Å². The maximum atomic E-state index is 11.8. The fourth-order valence-corrected chi connectivity index (χ4v) is 2.76. The molecule has 16 heavy (non-hydrogen) atoms. The summed E-state index contributed by atoms with van der Waals surface area (Å²) < 4.78 is 0. The Morgan fingerprint density at radius 3 is 2.62 bits per heavy atom. The van der Waals surface area contributed by atoms with Crippen LogP contribution in [0, 0.1) is 17.8 Å². The monoisotopic (exact) mass is 224 g/mol. The number of rotatable bonds is 3. The molecule has 0 bridgehead atoms. The van der Waals surface area contributed by atoms with Gasteiger partial charge in [-0.05, 0) is 24.7 Å². The number of nitrogens with one attached hydrogen (secondary N) is 2. The van der Waals surface area contributed by atoms with Crippen LogP contribution in [0.25, 0.3) is 0 Å². The lowest BCUT2D eigenvalue weighted by Crippen LogP contribution is -2.53. The Labute approximate surface area is 98.4 Å². The smallest absolute Gasteiger partial charge is 0.225 e. The SMILES string of the molecule is CC(C)C1CCCC(NC(=O)C2CNC2)C1. The van der Waals surface area contributed by atoms with Crippen molar-refractivity contribution in [2.24, 2.45) is 17.8 Å². The molecule has 2 rings (SSSR count). The van der Waals surface area contributed by atoms with Crippen LogP contribution >= 0.6 is 0 Å². The lowest BCUT2D eigenvalue weighted by molar-refractivity contribution is -0.127. The van der Waals surface area contributed by atoms with E-state index in [4.69, 9.17) is 0 Å². The zero-order chi connectivity index (χ0) is 11.5. The summed E-state index contributed by atoms with van der Waals surface area (Å²) in [5.74, 6) is 2.07. The Morgan fingerprint density at radius 1 is 1.31 bits per heavy atom. The Morgan fingerprint density at radius 2 is 2.06 bits per heavy atom. The van der Waals surface area contributed by atoms with E-state index in [-0.39, 0.29) is 11.8 Å². The lowest BCUT2D eigenvalue weighted by Gasteiger charge is -2.34. The molecule has 0 spiro atoms. The van der Waals surface area contributed by atoms with Gasteiger partial charge in [0.2, 0.25) is 5.91 Å². The predicted octanol–water partition coefficient (Wildman–Crippen LogP) is 1.54. The first-order valence-electron chi connectivity index (χ1n) is 6.68. The molecule has 1 saturated carbocycles. The highest BCUT2D eigenvalue weighted by Crippen LogP contribution is 2.30. The summed E-state index contributed by atoms with van der Waals surface area (Å²) in [7, 11) is 0. The van der Waals surface area contributed by atoms with Crippen molar-refractivity contribution in [3.05, 3.63) is 0 Å². The molecule has 3 nitrogen and oxygen atoms in total. The second kappa shape index (κ2) is 5.17. The van der Waals surface area contributed by atoms with E-state index < -0.39 is 0 Å². The first-order chi connectivity index (χ1) is 7.66. The van der Waals surface area contributed by atoms with Gasteiger partial charge in [-0.1, -0.05) is 26.7 Å². The van der Waals surface area contributed by atoms with Crippen molar-refractivity contribution in [2.75, 3.05) is 13.1 Å². The molecule has 0 aromatic heterocycles. The molecule has 1 aliphatic heterocycles. The van der Waals surface area contributed by atoms with Crippen LogP contribution in [0.4, 0.5) is 0 Å². The average Bonchev–Trinajstić information content (AvgIpc) is 2.15. The van der Waals surface area contributed by atoms with Gasteiger partial charge in [0.05, 0.1) is 5.92 Å². The molecule has 0 aromatic carbocycles. The van der Waals surface area contributed by atoms with Crippen molar-refractivity contribution in [2.45, 2.75) is 45.6 Å². The van der Waals surface area contributed by atoms with Gasteiger partial charge in [-0.15, -0.1) is 0 Å². The second-order valence-corrected chi connectivity index (χ2v) is 5.73. The highest BCUT2D eigenvalue weighted by molar-refractivity contribution is 5.80. The third-order valence-corrected chi connectivity index (χ3v) is 4.16. The van der Waals surface area contributed by atoms with Crippen molar-refractivity contribution < 1.29 is 4.79 Å². The highest BCUT2D eigenvalue weighted by Gasteiger charge is 2.29. The predicted molar refractivity (Wildman–Crippen MR) is 65.1 cm³/mol. The van der Waals surface area contributed by atoms with Crippen molar-refractivity contribution in [1.29, 1.82) is 0 Å². The summed E-state index contributed by atoms with van der Waals surface area (Å²) >= 11 is 0. The first-order valence-corrected chi connectivity index (χ1v) is 6.68. The van der Waals surface area contributed by atoms with Crippen LogP contribution in [-0.4, -0.2) is 25.0 Å². The van der Waals surface area contributed by atoms with Crippen molar-refractivity contribution in [1.82, 2.24) is 10.6 Å². The van der Waals surface area contributed by atoms with Crippen LogP contribution in [-0.2, 0) is 4.79 Å². The fourth-order valence-electron chi connectivity index (χ4n) is 2.76. The summed E-state index contributed by atoms with van der Waals surface area (Å²) in [5, 5.41) is 6.37. The van der Waals surface area contributed by atoms with Crippen LogP contribution in [0.3, 0.4) is 0 Å². The van der Waals surface area contributed by atoms with Crippen molar-refractivity contribution in [3.8, 4) is 0 Å². The first kappa shape index (κ1) is 11.9. The molecule has 92 valence electrons. The van der Waals surface area contributed by atoms with E-state index in [1.54, 1.807) is 0 Å². The molecule has 3 heteroatoms. The molecule has 1 saturated heterocycles. The zero-order valence-corrected chi connectivity index (χ0v) is 10.5. The van der Waals surface area contributed by atoms with Gasteiger partial charge in [0.25, 0.3) is 0 Å². The van der Waals surface area contributed by atoms with E-state index in [1.807, 2.05) is 0 Å². The van der Waals surface area contributed by atoms with Gasteiger partial charge in [-0.25, -0.2) is 0 Å². The van der Waals surface area contributed by atoms with E-state index in [9.17, 15) is 4.79 Å². The molecule has 1 heterocycles. The summed E-state index contributed by atoms with van der Waals surface area (Å²) in [6.07, 6.45) is 4.98. The number of hydrogen-bond donors (Lipinski definition) is 2. The largest absolute Gasteiger partial charge is 0.353 e. The molecule has 2 fully saturated rings. The van der Waals surface area contributed by atoms with Gasteiger partial charge in [0.1, 0.15) is 0 Å². The Kier molecular flexibility index (Phi) is 3.85. The molecule has 2 aliphatic rings. The molecule has 0 radical (unpaired) electrons. The Balaban J connectivity index is 1.78. The summed E-state index contributed by atoms with van der Waals surface area (Å²) in [4.78, 5) is 11.8. The lowest BCUT2D eigenvalue weighted by atomic mass is 9.79. The number of carbonyl (C=O) groups is 1. The van der Waals surface area contributed by atoms with Crippen LogP contribution in [0.2, 0.25) is 0 Å². The van der Waals surface area contributed by atoms with E-state index in [1.165, 1.54) is 25.7 Å². The highest BCUT2D eigenvalue weighted by atomic mass is 16.2. The average molecular weight is 224 g/mol. The second-order valence-electron chi connectivity index (χ2n) is 5.73. The van der Waals surface area contributed by atoms with E-state index in [0.29, 0.717) is 6.04 Å². The Bertz CT molecular complexity index is 248. The van der Waals surface area contributed by atoms with Gasteiger partial charge in [0.15, 0.2) is 0 Å². The number of amides is 1. The van der Waals surface area contributed by atoms with Crippen LogP contribution in [0.15, 0.2) is 0 Å².